The van der Waals surface area contributed by atoms with Crippen molar-refractivity contribution in [3.63, 3.8) is 0 Å². The first kappa shape index (κ1) is 14.5. The van der Waals surface area contributed by atoms with Gasteiger partial charge in [-0.05, 0) is 24.6 Å². The van der Waals surface area contributed by atoms with Crippen LogP contribution in [0.1, 0.15) is 17.2 Å². The van der Waals surface area contributed by atoms with Crippen molar-refractivity contribution >= 4 is 11.6 Å². The molecule has 0 saturated carbocycles. The van der Waals surface area contributed by atoms with E-state index in [-0.39, 0.29) is 11.3 Å². The monoisotopic (exact) mass is 290 g/mol. The van der Waals surface area contributed by atoms with E-state index in [1.807, 2.05) is 0 Å². The average molecular weight is 291 g/mol. The first-order valence-corrected chi connectivity index (χ1v) is 6.60. The van der Waals surface area contributed by atoms with Gasteiger partial charge in [0.15, 0.2) is 0 Å². The van der Waals surface area contributed by atoms with Crippen LogP contribution in [0.15, 0.2) is 12.1 Å². The van der Waals surface area contributed by atoms with Crippen LogP contribution in [0.25, 0.3) is 0 Å². The van der Waals surface area contributed by atoms with Crippen molar-refractivity contribution in [3.8, 4) is 5.75 Å². The molecule has 1 saturated heterocycles. The molecular weight excluding hydrogens is 274 g/mol. The maximum Gasteiger partial charge on any atom is 0.258 e. The van der Waals surface area contributed by atoms with Gasteiger partial charge in [-0.2, -0.15) is 0 Å². The van der Waals surface area contributed by atoms with Crippen LogP contribution in [-0.2, 0) is 0 Å². The fourth-order valence-corrected chi connectivity index (χ4v) is 2.72. The zero-order valence-corrected chi connectivity index (χ0v) is 11.4. The summed E-state index contributed by atoms with van der Waals surface area (Å²) in [6, 6.07) is 1.89. The normalized spacial score (nSPS) is 18.8. The topological polar surface area (TPSA) is 35.5 Å². The molecule has 0 amide bonds. The van der Waals surface area contributed by atoms with Gasteiger partial charge in [0.2, 0.25) is 0 Å². The summed E-state index contributed by atoms with van der Waals surface area (Å²) in [7, 11) is 0. The summed E-state index contributed by atoms with van der Waals surface area (Å²) in [5, 5.41) is 13.5. The van der Waals surface area contributed by atoms with Crippen LogP contribution in [0.4, 0.5) is 8.78 Å². The fourth-order valence-electron chi connectivity index (χ4n) is 2.44. The number of aryl methyl sites for hydroxylation is 1. The second-order valence-corrected chi connectivity index (χ2v) is 5.16. The molecular formula is C13H17ClF2N2O. The molecule has 1 aromatic rings. The summed E-state index contributed by atoms with van der Waals surface area (Å²) in [5.41, 5.74) is 0.727. The van der Waals surface area contributed by atoms with Gasteiger partial charge in [0, 0.05) is 36.8 Å². The minimum Gasteiger partial charge on any atom is -0.507 e. The molecule has 1 heterocycles. The van der Waals surface area contributed by atoms with Crippen molar-refractivity contribution in [2.24, 2.45) is 0 Å². The quantitative estimate of drug-likeness (QED) is 0.898. The van der Waals surface area contributed by atoms with E-state index in [0.717, 1.165) is 0 Å². The third kappa shape index (κ3) is 3.16. The van der Waals surface area contributed by atoms with E-state index in [1.54, 1.807) is 17.9 Å². The number of alkyl halides is 2. The smallest absolute Gasteiger partial charge is 0.258 e. The lowest BCUT2D eigenvalue weighted by molar-refractivity contribution is 0.0170. The van der Waals surface area contributed by atoms with Crippen molar-refractivity contribution in [3.05, 3.63) is 28.3 Å². The van der Waals surface area contributed by atoms with Gasteiger partial charge in [-0.25, -0.2) is 8.78 Å². The Labute approximate surface area is 116 Å². The Morgan fingerprint density at radius 2 is 1.95 bits per heavy atom. The minimum absolute atomic E-state index is 0.0896. The Hall–Kier alpha value is -0.910. The molecule has 1 aliphatic rings. The van der Waals surface area contributed by atoms with Gasteiger partial charge in [0.25, 0.3) is 6.43 Å². The highest BCUT2D eigenvalue weighted by molar-refractivity contribution is 6.30. The summed E-state index contributed by atoms with van der Waals surface area (Å²) in [6.07, 6.45) is -2.57. The fraction of sp³-hybridized carbons (Fsp3) is 0.538. The third-order valence-corrected chi connectivity index (χ3v) is 3.62. The van der Waals surface area contributed by atoms with E-state index in [4.69, 9.17) is 11.6 Å². The highest BCUT2D eigenvalue weighted by Crippen LogP contribution is 2.37. The number of nitrogens with one attached hydrogen (secondary N) is 1. The highest BCUT2D eigenvalue weighted by atomic mass is 35.5. The van der Waals surface area contributed by atoms with E-state index in [1.165, 1.54) is 6.07 Å². The number of phenols is 1. The molecule has 1 aliphatic heterocycles. The molecule has 0 unspecified atom stereocenters. The molecule has 0 radical (unpaired) electrons. The maximum absolute atomic E-state index is 13.4. The van der Waals surface area contributed by atoms with Gasteiger partial charge in [0.1, 0.15) is 11.8 Å². The molecule has 6 heteroatoms. The zero-order valence-electron chi connectivity index (χ0n) is 10.7. The Morgan fingerprint density at radius 1 is 1.32 bits per heavy atom. The van der Waals surface area contributed by atoms with Crippen LogP contribution in [0, 0.1) is 6.92 Å². The predicted molar refractivity (Wildman–Crippen MR) is 71.0 cm³/mol. The molecule has 0 aromatic heterocycles. The van der Waals surface area contributed by atoms with Gasteiger partial charge < -0.3 is 10.4 Å². The summed E-state index contributed by atoms with van der Waals surface area (Å²) < 4.78 is 26.8. The van der Waals surface area contributed by atoms with Gasteiger partial charge in [-0.1, -0.05) is 11.6 Å². The first-order valence-electron chi connectivity index (χ1n) is 6.22. The van der Waals surface area contributed by atoms with Gasteiger partial charge in [-0.15, -0.1) is 0 Å². The molecule has 1 atom stereocenters. The molecule has 1 aromatic carbocycles. The lowest BCUT2D eigenvalue weighted by atomic mass is 10.0. The van der Waals surface area contributed by atoms with Gasteiger partial charge >= 0.3 is 0 Å². The molecule has 3 nitrogen and oxygen atoms in total. The Morgan fingerprint density at radius 3 is 2.53 bits per heavy atom. The molecule has 2 rings (SSSR count). The Balaban J connectivity index is 2.38. The van der Waals surface area contributed by atoms with E-state index in [9.17, 15) is 13.9 Å². The number of hydrogen-bond donors (Lipinski definition) is 2. The molecule has 106 valence electrons. The van der Waals surface area contributed by atoms with Crippen molar-refractivity contribution in [1.82, 2.24) is 10.2 Å². The third-order valence-electron chi connectivity index (χ3n) is 3.40. The zero-order chi connectivity index (χ0) is 14.0. The highest BCUT2D eigenvalue weighted by Gasteiger charge is 2.32. The van der Waals surface area contributed by atoms with Crippen LogP contribution in [0.3, 0.4) is 0 Å². The van der Waals surface area contributed by atoms with Crippen LogP contribution in [0.5, 0.6) is 5.75 Å². The largest absolute Gasteiger partial charge is 0.507 e. The van der Waals surface area contributed by atoms with E-state index in [2.05, 4.69) is 5.32 Å². The molecule has 19 heavy (non-hydrogen) atoms. The van der Waals surface area contributed by atoms with E-state index >= 15 is 0 Å². The van der Waals surface area contributed by atoms with E-state index in [0.29, 0.717) is 36.8 Å². The van der Waals surface area contributed by atoms with Crippen molar-refractivity contribution < 1.29 is 13.9 Å². The number of aromatic hydroxyl groups is 1. The van der Waals surface area contributed by atoms with Crippen molar-refractivity contribution in [1.29, 1.82) is 0 Å². The summed E-state index contributed by atoms with van der Waals surface area (Å²) in [6.45, 7) is 4.05. The molecule has 1 fully saturated rings. The van der Waals surface area contributed by atoms with Crippen LogP contribution in [0.2, 0.25) is 5.02 Å². The molecule has 0 aliphatic carbocycles. The van der Waals surface area contributed by atoms with Crippen molar-refractivity contribution in [2.75, 3.05) is 26.2 Å². The number of halogens is 3. The van der Waals surface area contributed by atoms with Crippen LogP contribution < -0.4 is 5.32 Å². The Kier molecular flexibility index (Phi) is 4.60. The average Bonchev–Trinajstić information content (AvgIpc) is 2.36. The molecule has 2 N–H and O–H groups in total. The summed E-state index contributed by atoms with van der Waals surface area (Å²) in [4.78, 5) is 1.69. The predicted octanol–water partition coefficient (Wildman–Crippen LogP) is 2.57. The number of phenolic OH excluding ortho intramolecular Hbond substituents is 1. The lowest BCUT2D eigenvalue weighted by Crippen LogP contribution is -2.46. The number of nitrogens with zero attached hydrogens (tertiary/aromatic N) is 1. The van der Waals surface area contributed by atoms with Crippen LogP contribution in [-0.4, -0.2) is 42.6 Å². The summed E-state index contributed by atoms with van der Waals surface area (Å²) in [5.74, 6) is -0.0896. The Bertz CT molecular complexity index is 451. The SMILES string of the molecule is Cc1cc(Cl)cc([C@H](C(F)F)N2CCNCC2)c1O. The molecule has 0 bridgehead atoms. The first-order chi connectivity index (χ1) is 9.00. The second-order valence-electron chi connectivity index (χ2n) is 4.73. The van der Waals surface area contributed by atoms with Gasteiger partial charge in [-0.3, -0.25) is 4.90 Å². The number of hydrogen-bond acceptors (Lipinski definition) is 3. The number of benzene rings is 1. The summed E-state index contributed by atoms with van der Waals surface area (Å²) >= 11 is 5.92. The number of piperazine rings is 1. The number of rotatable bonds is 3. The van der Waals surface area contributed by atoms with Crippen molar-refractivity contribution in [2.45, 2.75) is 19.4 Å². The molecule has 0 spiro atoms. The minimum atomic E-state index is -2.57. The second kappa shape index (κ2) is 6.03. The maximum atomic E-state index is 13.4. The standard InChI is InChI=1S/C13H17ClF2N2O/c1-8-6-9(14)7-10(12(8)19)11(13(15)16)18-4-2-17-3-5-18/h6-7,11,13,17,19H,2-5H2,1H3/t11-/m1/s1. The van der Waals surface area contributed by atoms with Crippen LogP contribution >= 0.6 is 11.6 Å². The lowest BCUT2D eigenvalue weighted by Gasteiger charge is -2.35. The van der Waals surface area contributed by atoms with Gasteiger partial charge in [0.05, 0.1) is 0 Å². The van der Waals surface area contributed by atoms with E-state index < -0.39 is 12.5 Å².